The van der Waals surface area contributed by atoms with E-state index in [2.05, 4.69) is 0 Å². The van der Waals surface area contributed by atoms with E-state index in [1.807, 2.05) is 152 Å². The maximum Gasteiger partial charge on any atom is 0.311 e. The maximum atomic E-state index is 13.5. The molecule has 0 radical (unpaired) electrons. The Labute approximate surface area is 516 Å². The topological polar surface area (TPSA) is 200 Å². The van der Waals surface area contributed by atoms with Crippen LogP contribution in [0, 0.1) is 11.3 Å². The Balaban J connectivity index is 0.887. The maximum absolute atomic E-state index is 13.5. The van der Waals surface area contributed by atoms with Crippen LogP contribution in [0.4, 0.5) is 0 Å². The zero-order valence-corrected chi connectivity index (χ0v) is 51.5. The van der Waals surface area contributed by atoms with Crippen LogP contribution in [-0.2, 0) is 38.2 Å². The minimum absolute atomic E-state index is 0.0461. The van der Waals surface area contributed by atoms with E-state index >= 15 is 0 Å². The number of carbonyl (C=O) groups is 6. The molecule has 0 bridgehead atoms. The summed E-state index contributed by atoms with van der Waals surface area (Å²) in [7, 11) is 0. The van der Waals surface area contributed by atoms with Crippen LogP contribution in [0.1, 0.15) is 123 Å². The Bertz CT molecular complexity index is 3630. The summed E-state index contributed by atoms with van der Waals surface area (Å²) in [5, 5.41) is 29.0. The van der Waals surface area contributed by atoms with Crippen molar-refractivity contribution < 1.29 is 63.0 Å². The van der Waals surface area contributed by atoms with Crippen molar-refractivity contribution in [2.45, 2.75) is 113 Å². The molecule has 0 saturated heterocycles. The second-order valence-corrected chi connectivity index (χ2v) is 22.6. The largest absolute Gasteiger partial charge is 0.508 e. The Kier molecular flexibility index (Phi) is 24.9. The van der Waals surface area contributed by atoms with Gasteiger partial charge in [-0.25, -0.2) is 0 Å². The minimum Gasteiger partial charge on any atom is -0.508 e. The van der Waals surface area contributed by atoms with Crippen LogP contribution in [0.15, 0.2) is 221 Å². The van der Waals surface area contributed by atoms with Crippen LogP contribution in [-0.4, -0.2) is 63.0 Å². The van der Waals surface area contributed by atoms with E-state index in [-0.39, 0.29) is 66.8 Å². The standard InChI is InChI=1S/C75H78O13/c1-49(17-12-19-51(3)23-37-65-53(5)43-67(73(83)54(65)6)87-71(81)41-39-69(79)85-63-33-29-56(30-34-63)25-27-58-21-14-22-60(76)44-58)15-10-11-16-50(2)18-13-20-52(4)24-38-66-55(7)74(84)68(48-75(66,8)9)88-72(82)42-40-70(80)86-64-35-31-57(32-36-64)26-28-59-45-61(77)47-62(78)46-59/h10-38,44-47,53,67-68,76-78H,39-43,48H2,1-9H3/b11-10+,17-12+,18-13+,27-25+,28-26+,37-23+,38-24+,49-15+,50-16+,51-19+,52-20+. The van der Waals surface area contributed by atoms with E-state index in [1.165, 1.54) is 18.2 Å². The van der Waals surface area contributed by atoms with Crippen molar-refractivity contribution in [1.82, 2.24) is 0 Å². The van der Waals surface area contributed by atoms with Crippen molar-refractivity contribution in [3.05, 3.63) is 243 Å². The molecule has 0 spiro atoms. The summed E-state index contributed by atoms with van der Waals surface area (Å²) in [6, 6.07) is 24.7. The third-order valence-corrected chi connectivity index (χ3v) is 14.6. The molecule has 6 rings (SSSR count). The highest BCUT2D eigenvalue weighted by atomic mass is 16.6. The first kappa shape index (κ1) is 67.2. The highest BCUT2D eigenvalue weighted by molar-refractivity contribution is 6.02. The first-order valence-electron chi connectivity index (χ1n) is 29.2. The van der Waals surface area contributed by atoms with Gasteiger partial charge in [0.05, 0.1) is 25.7 Å². The summed E-state index contributed by atoms with van der Waals surface area (Å²) >= 11 is 0. The Hall–Kier alpha value is -9.88. The molecular weight excluding hydrogens is 1110 g/mol. The second kappa shape index (κ2) is 32.6. The number of ether oxygens (including phenoxy) is 4. The van der Waals surface area contributed by atoms with Gasteiger partial charge in [-0.3, -0.25) is 28.8 Å². The van der Waals surface area contributed by atoms with Gasteiger partial charge < -0.3 is 34.3 Å². The van der Waals surface area contributed by atoms with Gasteiger partial charge in [0.1, 0.15) is 28.7 Å². The van der Waals surface area contributed by atoms with E-state index in [4.69, 9.17) is 18.9 Å². The fourth-order valence-corrected chi connectivity index (χ4v) is 9.70. The molecule has 0 amide bonds. The molecule has 0 aromatic heterocycles. The van der Waals surface area contributed by atoms with Crippen LogP contribution in [0.25, 0.3) is 24.3 Å². The van der Waals surface area contributed by atoms with Gasteiger partial charge in [-0.05, 0) is 152 Å². The lowest BCUT2D eigenvalue weighted by atomic mass is 9.71. The van der Waals surface area contributed by atoms with E-state index in [0.717, 1.165) is 50.1 Å². The molecule has 0 fully saturated rings. The molecular formula is C75H78O13. The fourth-order valence-electron chi connectivity index (χ4n) is 9.70. The van der Waals surface area contributed by atoms with Crippen molar-refractivity contribution in [2.75, 3.05) is 0 Å². The lowest BCUT2D eigenvalue weighted by molar-refractivity contribution is -0.157. The molecule has 0 aliphatic heterocycles. The number of rotatable bonds is 24. The Morgan fingerprint density at radius 2 is 0.920 bits per heavy atom. The lowest BCUT2D eigenvalue weighted by Gasteiger charge is -2.36. The molecule has 3 N–H and O–H groups in total. The van der Waals surface area contributed by atoms with E-state index in [0.29, 0.717) is 34.6 Å². The average Bonchev–Trinajstić information content (AvgIpc) is 1.68. The van der Waals surface area contributed by atoms with Crippen molar-refractivity contribution in [2.24, 2.45) is 11.3 Å². The number of carbonyl (C=O) groups excluding carboxylic acids is 6. The number of phenolic OH excluding ortho intramolecular Hbond substituents is 3. The molecule has 3 unspecified atom stereocenters. The fraction of sp³-hybridized carbons (Fsp3) is 0.253. The van der Waals surface area contributed by atoms with Gasteiger partial charge >= 0.3 is 23.9 Å². The molecule has 2 aliphatic carbocycles. The normalized spacial score (nSPS) is 18.1. The van der Waals surface area contributed by atoms with E-state index in [1.54, 1.807) is 92.7 Å². The predicted molar refractivity (Wildman–Crippen MR) is 346 cm³/mol. The van der Waals surface area contributed by atoms with E-state index in [9.17, 15) is 44.1 Å². The van der Waals surface area contributed by atoms with Gasteiger partial charge in [-0.1, -0.05) is 189 Å². The summed E-state index contributed by atoms with van der Waals surface area (Å²) in [6.45, 7) is 17.5. The molecule has 88 heavy (non-hydrogen) atoms. The number of Topliss-reactive ketones (excluding diaryl/α,β-unsaturated/α-hetero) is 2. The van der Waals surface area contributed by atoms with Crippen molar-refractivity contribution >= 4 is 59.7 Å². The quantitative estimate of drug-likeness (QED) is 0.0259. The minimum atomic E-state index is -0.970. The molecule has 3 atom stereocenters. The molecule has 4 aromatic carbocycles. The first-order chi connectivity index (χ1) is 41.9. The molecule has 13 heteroatoms. The van der Waals surface area contributed by atoms with Crippen LogP contribution < -0.4 is 9.47 Å². The summed E-state index contributed by atoms with van der Waals surface area (Å²) in [4.78, 5) is 77.5. The second-order valence-electron chi connectivity index (χ2n) is 22.6. The highest BCUT2D eigenvalue weighted by Gasteiger charge is 2.40. The number of hydrogen-bond acceptors (Lipinski definition) is 13. The summed E-state index contributed by atoms with van der Waals surface area (Å²) in [5.74, 6) is -2.39. The number of esters is 4. The predicted octanol–water partition coefficient (Wildman–Crippen LogP) is 15.8. The smallest absolute Gasteiger partial charge is 0.311 e. The summed E-state index contributed by atoms with van der Waals surface area (Å²) < 4.78 is 22.0. The third-order valence-electron chi connectivity index (χ3n) is 14.6. The Morgan fingerprint density at radius 1 is 0.489 bits per heavy atom. The SMILES string of the molecule is CC1=C(/C=C/C(C)=C/C=C/C(C)=C/C=C/C=C(C)/C=C/C=C(C)/C=C/C2=C(C)C(=O)C(OC(=O)CCC(=O)Oc3ccc(/C=C/c4cc(O)cc(O)c4)cc3)CC2(C)C)C(C)CC(OC(=O)CCC(=O)Oc2ccc(/C=C/c3cccc(O)c3)cc2)C1=O. The monoisotopic (exact) mass is 1190 g/mol. The van der Waals surface area contributed by atoms with Crippen LogP contribution in [0.5, 0.6) is 28.7 Å². The molecule has 4 aromatic rings. The van der Waals surface area contributed by atoms with Crippen LogP contribution in [0.2, 0.25) is 0 Å². The number of hydrogen-bond donors (Lipinski definition) is 3. The molecule has 2 aliphatic rings. The summed E-state index contributed by atoms with van der Waals surface area (Å²) in [5.41, 5.74) is 9.46. The highest BCUT2D eigenvalue weighted by Crippen LogP contribution is 2.41. The van der Waals surface area contributed by atoms with E-state index < -0.39 is 41.5 Å². The number of aromatic hydroxyl groups is 3. The van der Waals surface area contributed by atoms with Gasteiger partial charge in [0.15, 0.2) is 23.8 Å². The van der Waals surface area contributed by atoms with Crippen molar-refractivity contribution in [1.29, 1.82) is 0 Å². The van der Waals surface area contributed by atoms with Gasteiger partial charge in [0, 0.05) is 12.5 Å². The van der Waals surface area contributed by atoms with Crippen LogP contribution in [0.3, 0.4) is 0 Å². The van der Waals surface area contributed by atoms with Crippen LogP contribution >= 0.6 is 0 Å². The lowest BCUT2D eigenvalue weighted by Crippen LogP contribution is -2.39. The van der Waals surface area contributed by atoms with Gasteiger partial charge in [0.2, 0.25) is 0 Å². The van der Waals surface area contributed by atoms with Gasteiger partial charge in [-0.15, -0.1) is 0 Å². The van der Waals surface area contributed by atoms with Gasteiger partial charge in [0.25, 0.3) is 0 Å². The molecule has 456 valence electrons. The average molecular weight is 1190 g/mol. The number of benzene rings is 4. The summed E-state index contributed by atoms with van der Waals surface area (Å²) in [6.07, 6.45) is 32.7. The molecule has 0 saturated carbocycles. The first-order valence-corrected chi connectivity index (χ1v) is 29.2. The molecule has 13 nitrogen and oxygen atoms in total. The number of allylic oxidation sites excluding steroid dienone is 20. The number of ketones is 2. The van der Waals surface area contributed by atoms with Crippen molar-refractivity contribution in [3.8, 4) is 28.7 Å². The van der Waals surface area contributed by atoms with Crippen molar-refractivity contribution in [3.63, 3.8) is 0 Å². The zero-order chi connectivity index (χ0) is 63.9. The zero-order valence-electron chi connectivity index (χ0n) is 51.5. The van der Waals surface area contributed by atoms with Gasteiger partial charge in [-0.2, -0.15) is 0 Å². The number of phenols is 3. The third kappa shape index (κ3) is 21.9. The molecule has 0 heterocycles. The Morgan fingerprint density at radius 3 is 1.44 bits per heavy atom.